The summed E-state index contributed by atoms with van der Waals surface area (Å²) in [7, 11) is -0.839. The normalized spacial score (nSPS) is 13.1. The first kappa shape index (κ1) is 18.0. The first-order chi connectivity index (χ1) is 7.95. The Labute approximate surface area is 119 Å². The monoisotopic (exact) mass is 314 g/mol. The molecule has 0 fully saturated rings. The molecular weight excluding hydrogens is 288 g/mol. The van der Waals surface area contributed by atoms with Gasteiger partial charge in [-0.3, -0.25) is 0 Å². The second-order valence-electron chi connectivity index (χ2n) is 4.48. The van der Waals surface area contributed by atoms with E-state index in [-0.39, 0.29) is 0 Å². The third kappa shape index (κ3) is 7.24. The van der Waals surface area contributed by atoms with Crippen LogP contribution in [0.2, 0.25) is 25.2 Å². The third-order valence-corrected chi connectivity index (χ3v) is 11.3. The molecule has 0 radical (unpaired) electrons. The second kappa shape index (κ2) is 9.00. The highest BCUT2D eigenvalue weighted by Crippen LogP contribution is 2.26. The van der Waals surface area contributed by atoms with E-state index in [1.54, 1.807) is 14.2 Å². The van der Waals surface area contributed by atoms with Crippen LogP contribution in [-0.2, 0) is 13.0 Å². The molecule has 0 heterocycles. The van der Waals surface area contributed by atoms with Crippen molar-refractivity contribution in [2.75, 3.05) is 25.7 Å². The number of hydrogen-bond donors (Lipinski definition) is 2. The predicted molar refractivity (Wildman–Crippen MR) is 84.9 cm³/mol. The maximum Gasteiger partial charge on any atom is 0.486 e. The smallest absolute Gasteiger partial charge is 0.415 e. The number of hydrogen-bond acceptors (Lipinski definition) is 5. The predicted octanol–water partition coefficient (Wildman–Crippen LogP) is 3.08. The van der Waals surface area contributed by atoms with Gasteiger partial charge in [0.05, 0.1) is 0 Å². The average Bonchev–Trinajstić information content (AvgIpc) is 2.34. The van der Waals surface area contributed by atoms with E-state index in [0.717, 1.165) is 36.4 Å². The van der Waals surface area contributed by atoms with Crippen LogP contribution in [0.15, 0.2) is 0 Å². The van der Waals surface area contributed by atoms with Gasteiger partial charge in [0.25, 0.3) is 0 Å². The van der Waals surface area contributed by atoms with E-state index >= 15 is 0 Å². The van der Waals surface area contributed by atoms with Crippen LogP contribution >= 0.6 is 25.3 Å². The van der Waals surface area contributed by atoms with Crippen molar-refractivity contribution in [2.24, 2.45) is 0 Å². The van der Waals surface area contributed by atoms with Crippen molar-refractivity contribution in [3.8, 4) is 0 Å². The van der Waals surface area contributed by atoms with Crippen molar-refractivity contribution in [2.45, 2.75) is 38.0 Å². The van der Waals surface area contributed by atoms with Crippen molar-refractivity contribution in [3.63, 3.8) is 0 Å². The lowest BCUT2D eigenvalue weighted by molar-refractivity contribution is 0.165. The van der Waals surface area contributed by atoms with E-state index in [1.807, 2.05) is 6.55 Å². The zero-order valence-electron chi connectivity index (χ0n) is 11.4. The van der Waals surface area contributed by atoms with Crippen molar-refractivity contribution < 1.29 is 13.0 Å². The van der Waals surface area contributed by atoms with E-state index < -0.39 is 17.1 Å². The third-order valence-electron chi connectivity index (χ3n) is 2.90. The Morgan fingerprint density at radius 2 is 1.29 bits per heavy atom. The molecule has 7 heteroatoms. The summed E-state index contributed by atoms with van der Waals surface area (Å²) < 4.78 is 17.2. The highest BCUT2D eigenvalue weighted by molar-refractivity contribution is 7.80. The number of rotatable bonds is 10. The second-order valence-corrected chi connectivity index (χ2v) is 12.6. The minimum absolute atomic E-state index is 0.908. The Hall–Kier alpha value is 1.01. The quantitative estimate of drug-likeness (QED) is 0.479. The van der Waals surface area contributed by atoms with E-state index in [4.69, 9.17) is 13.0 Å². The Kier molecular flexibility index (Phi) is 9.54. The summed E-state index contributed by atoms with van der Waals surface area (Å²) in [5.41, 5.74) is 0. The highest BCUT2D eigenvalue weighted by atomic mass is 32.1. The van der Waals surface area contributed by atoms with Crippen LogP contribution in [0.1, 0.15) is 12.8 Å². The molecule has 104 valence electrons. The van der Waals surface area contributed by atoms with Gasteiger partial charge in [-0.25, -0.2) is 0 Å². The van der Waals surface area contributed by atoms with Crippen molar-refractivity contribution in [3.05, 3.63) is 0 Å². The van der Waals surface area contributed by atoms with Crippen LogP contribution in [-0.4, -0.2) is 42.8 Å². The summed E-state index contributed by atoms with van der Waals surface area (Å²) in [5.74, 6) is 1.82. The van der Waals surface area contributed by atoms with E-state index in [0.29, 0.717) is 0 Å². The fraction of sp³-hybridized carbons (Fsp3) is 1.00. The van der Waals surface area contributed by atoms with Crippen molar-refractivity contribution in [1.29, 1.82) is 0 Å². The topological polar surface area (TPSA) is 27.7 Å². The Morgan fingerprint density at radius 1 is 0.882 bits per heavy atom. The van der Waals surface area contributed by atoms with E-state index in [1.165, 1.54) is 0 Å². The van der Waals surface area contributed by atoms with Crippen LogP contribution < -0.4 is 0 Å². The molecule has 0 aromatic carbocycles. The van der Waals surface area contributed by atoms with Crippen molar-refractivity contribution in [1.82, 2.24) is 0 Å². The molecule has 0 aliphatic rings. The maximum atomic E-state index is 6.29. The molecular formula is C10H26O3S2Si2. The van der Waals surface area contributed by atoms with Gasteiger partial charge in [0, 0.05) is 20.8 Å². The Bertz CT molecular complexity index is 196. The largest absolute Gasteiger partial charge is 0.486 e. The van der Waals surface area contributed by atoms with Gasteiger partial charge >= 0.3 is 8.80 Å². The van der Waals surface area contributed by atoms with Crippen LogP contribution in [0.4, 0.5) is 0 Å². The van der Waals surface area contributed by atoms with Crippen LogP contribution in [0.3, 0.4) is 0 Å². The van der Waals surface area contributed by atoms with Gasteiger partial charge in [0.2, 0.25) is 0 Å². The van der Waals surface area contributed by atoms with Crippen LogP contribution in [0.25, 0.3) is 0 Å². The molecule has 0 N–H and O–H groups in total. The average molecular weight is 315 g/mol. The summed E-state index contributed by atoms with van der Waals surface area (Å²) in [6, 6.07) is 2.22. The zero-order valence-corrected chi connectivity index (χ0v) is 15.2. The summed E-state index contributed by atoms with van der Waals surface area (Å²) >= 11 is 8.56. The van der Waals surface area contributed by atoms with Gasteiger partial charge in [0.15, 0.2) is 8.32 Å². The molecule has 0 bridgehead atoms. The molecule has 0 unspecified atom stereocenters. The van der Waals surface area contributed by atoms with E-state index in [9.17, 15) is 0 Å². The maximum absolute atomic E-state index is 6.29. The highest BCUT2D eigenvalue weighted by Gasteiger charge is 2.41. The van der Waals surface area contributed by atoms with Crippen LogP contribution in [0.5, 0.6) is 0 Å². The number of thiol groups is 2. The van der Waals surface area contributed by atoms with Gasteiger partial charge in [-0.1, -0.05) is 0 Å². The summed E-state index contributed by atoms with van der Waals surface area (Å²) in [6.45, 7) is 4.23. The molecule has 0 aromatic heterocycles. The molecule has 17 heavy (non-hydrogen) atoms. The van der Waals surface area contributed by atoms with Gasteiger partial charge in [-0.2, -0.15) is 25.3 Å². The minimum Gasteiger partial charge on any atom is -0.415 e. The zero-order chi connectivity index (χ0) is 13.4. The molecule has 0 rings (SSSR count). The summed E-state index contributed by atoms with van der Waals surface area (Å²) in [4.78, 5) is 0. The first-order valence-corrected chi connectivity index (χ1v) is 12.3. The molecule has 0 atom stereocenters. The summed E-state index contributed by atoms with van der Waals surface area (Å²) in [5, 5.41) is 0. The van der Waals surface area contributed by atoms with Gasteiger partial charge in [0.1, 0.15) is 0 Å². The molecule has 0 saturated heterocycles. The van der Waals surface area contributed by atoms with Crippen LogP contribution in [0, 0.1) is 0 Å². The SMILES string of the molecule is CO[Si](C)(OC)O[Si](C)(CCCS)CCCS. The first-order valence-electron chi connectivity index (χ1n) is 5.97. The lowest BCUT2D eigenvalue weighted by atomic mass is 10.6. The molecule has 0 aromatic rings. The Balaban J connectivity index is 4.54. The molecule has 0 aliphatic carbocycles. The van der Waals surface area contributed by atoms with Gasteiger partial charge in [-0.15, -0.1) is 0 Å². The van der Waals surface area contributed by atoms with Crippen molar-refractivity contribution >= 4 is 42.4 Å². The fourth-order valence-electron chi connectivity index (χ4n) is 1.75. The molecule has 0 spiro atoms. The molecule has 3 nitrogen and oxygen atoms in total. The minimum atomic E-state index is -2.42. The Morgan fingerprint density at radius 3 is 1.59 bits per heavy atom. The fourth-order valence-corrected chi connectivity index (χ4v) is 9.99. The van der Waals surface area contributed by atoms with Gasteiger partial charge < -0.3 is 13.0 Å². The standard InChI is InChI=1S/C10H26O3S2Si2/c1-11-17(4,12-2)13-16(3,9-5-7-14)10-6-8-15/h14-15H,5-10H2,1-4H3. The van der Waals surface area contributed by atoms with E-state index in [2.05, 4.69) is 31.8 Å². The van der Waals surface area contributed by atoms with Gasteiger partial charge in [-0.05, 0) is 43.0 Å². The lowest BCUT2D eigenvalue weighted by Crippen LogP contribution is -2.51. The molecule has 0 aliphatic heterocycles. The summed E-state index contributed by atoms with van der Waals surface area (Å²) in [6.07, 6.45) is 2.19. The molecule has 0 amide bonds. The lowest BCUT2D eigenvalue weighted by Gasteiger charge is -2.35. The molecule has 0 saturated carbocycles.